The summed E-state index contributed by atoms with van der Waals surface area (Å²) in [6.45, 7) is 1.74. The van der Waals surface area contributed by atoms with Crippen molar-refractivity contribution in [1.82, 2.24) is 0 Å². The maximum atomic E-state index is 12.2. The van der Waals surface area contributed by atoms with Crippen molar-refractivity contribution in [2.24, 2.45) is 0 Å². The van der Waals surface area contributed by atoms with Crippen LogP contribution in [0, 0.1) is 6.92 Å². The van der Waals surface area contributed by atoms with E-state index in [4.69, 9.17) is 28.3 Å². The van der Waals surface area contributed by atoms with Crippen molar-refractivity contribution in [3.8, 4) is 0 Å². The van der Waals surface area contributed by atoms with Crippen LogP contribution in [0.2, 0.25) is 10.0 Å². The molecule has 0 fully saturated rings. The molecule has 4 nitrogen and oxygen atoms in total. The number of hydrogen-bond acceptors (Lipinski definition) is 2. The standard InChI is InChI=1S/C15H11Cl2NO3/c1-8-10(3-2-4-11(8)16)14(19)18-13-6-5-9(15(20)21)7-12(13)17/h2-7H,1H3,(H,18,19)(H,20,21). The smallest absolute Gasteiger partial charge is 0.335 e. The molecule has 2 aromatic rings. The van der Waals surface area contributed by atoms with Gasteiger partial charge in [0.2, 0.25) is 0 Å². The first-order chi connectivity index (χ1) is 9.90. The molecular weight excluding hydrogens is 313 g/mol. The molecule has 0 aliphatic carbocycles. The first-order valence-electron chi connectivity index (χ1n) is 5.99. The van der Waals surface area contributed by atoms with Gasteiger partial charge >= 0.3 is 5.97 Å². The fraction of sp³-hybridized carbons (Fsp3) is 0.0667. The first kappa shape index (κ1) is 15.4. The van der Waals surface area contributed by atoms with Gasteiger partial charge in [0, 0.05) is 10.6 Å². The number of amides is 1. The van der Waals surface area contributed by atoms with Crippen molar-refractivity contribution in [1.29, 1.82) is 0 Å². The molecule has 0 radical (unpaired) electrons. The maximum Gasteiger partial charge on any atom is 0.335 e. The first-order valence-corrected chi connectivity index (χ1v) is 6.75. The number of aromatic carboxylic acids is 1. The molecule has 0 saturated heterocycles. The lowest BCUT2D eigenvalue weighted by atomic mass is 10.1. The summed E-state index contributed by atoms with van der Waals surface area (Å²) in [5, 5.41) is 12.2. The third kappa shape index (κ3) is 3.35. The summed E-state index contributed by atoms with van der Waals surface area (Å²) in [6, 6.07) is 9.13. The highest BCUT2D eigenvalue weighted by Gasteiger charge is 2.13. The largest absolute Gasteiger partial charge is 0.478 e. The molecule has 0 unspecified atom stereocenters. The Labute approximate surface area is 131 Å². The Balaban J connectivity index is 2.28. The van der Waals surface area contributed by atoms with Gasteiger partial charge in [0.15, 0.2) is 0 Å². The lowest BCUT2D eigenvalue weighted by Crippen LogP contribution is -2.14. The molecule has 0 bridgehead atoms. The molecule has 21 heavy (non-hydrogen) atoms. The number of rotatable bonds is 3. The Bertz CT molecular complexity index is 729. The van der Waals surface area contributed by atoms with Crippen molar-refractivity contribution in [2.75, 3.05) is 5.32 Å². The zero-order valence-corrected chi connectivity index (χ0v) is 12.5. The van der Waals surface area contributed by atoms with E-state index in [0.717, 1.165) is 0 Å². The summed E-state index contributed by atoms with van der Waals surface area (Å²) in [5.41, 5.74) is 1.49. The van der Waals surface area contributed by atoms with E-state index in [1.54, 1.807) is 25.1 Å². The highest BCUT2D eigenvalue weighted by Crippen LogP contribution is 2.25. The molecule has 108 valence electrons. The van der Waals surface area contributed by atoms with E-state index in [0.29, 0.717) is 21.8 Å². The molecular formula is C15H11Cl2NO3. The van der Waals surface area contributed by atoms with Crippen molar-refractivity contribution >= 4 is 40.8 Å². The van der Waals surface area contributed by atoms with Crippen LogP contribution in [-0.2, 0) is 0 Å². The van der Waals surface area contributed by atoms with E-state index in [9.17, 15) is 9.59 Å². The predicted octanol–water partition coefficient (Wildman–Crippen LogP) is 4.25. The second kappa shape index (κ2) is 6.16. The van der Waals surface area contributed by atoms with E-state index in [2.05, 4.69) is 5.32 Å². The fourth-order valence-electron chi connectivity index (χ4n) is 1.79. The minimum Gasteiger partial charge on any atom is -0.478 e. The average Bonchev–Trinajstić information content (AvgIpc) is 2.43. The Hall–Kier alpha value is -2.04. The number of hydrogen-bond donors (Lipinski definition) is 2. The predicted molar refractivity (Wildman–Crippen MR) is 82.6 cm³/mol. The van der Waals surface area contributed by atoms with Gasteiger partial charge in [0.05, 0.1) is 16.3 Å². The summed E-state index contributed by atoms with van der Waals surface area (Å²) in [5.74, 6) is -1.44. The third-order valence-corrected chi connectivity index (χ3v) is 3.70. The molecule has 0 aromatic heterocycles. The second-order valence-corrected chi connectivity index (χ2v) is 5.18. The van der Waals surface area contributed by atoms with E-state index < -0.39 is 5.97 Å². The number of anilines is 1. The number of carbonyl (C=O) groups excluding carboxylic acids is 1. The molecule has 0 aliphatic rings. The van der Waals surface area contributed by atoms with Gasteiger partial charge in [0.25, 0.3) is 5.91 Å². The van der Waals surface area contributed by atoms with Crippen LogP contribution in [0.4, 0.5) is 5.69 Å². The van der Waals surface area contributed by atoms with Crippen LogP contribution in [0.3, 0.4) is 0 Å². The van der Waals surface area contributed by atoms with E-state index in [1.165, 1.54) is 18.2 Å². The van der Waals surface area contributed by atoms with Gasteiger partial charge in [-0.1, -0.05) is 29.3 Å². The number of carboxylic acids is 1. The second-order valence-electron chi connectivity index (χ2n) is 4.37. The van der Waals surface area contributed by atoms with Crippen molar-refractivity contribution in [3.05, 3.63) is 63.1 Å². The quantitative estimate of drug-likeness (QED) is 0.887. The van der Waals surface area contributed by atoms with Gasteiger partial charge in [-0.3, -0.25) is 4.79 Å². The minimum absolute atomic E-state index is 0.0527. The van der Waals surface area contributed by atoms with Crippen LogP contribution in [0.5, 0.6) is 0 Å². The molecule has 0 aliphatic heterocycles. The number of benzene rings is 2. The van der Waals surface area contributed by atoms with Gasteiger partial charge < -0.3 is 10.4 Å². The molecule has 6 heteroatoms. The zero-order valence-electron chi connectivity index (χ0n) is 11.0. The Morgan fingerprint density at radius 3 is 2.43 bits per heavy atom. The van der Waals surface area contributed by atoms with Gasteiger partial charge in [0.1, 0.15) is 0 Å². The van der Waals surface area contributed by atoms with E-state index in [-0.39, 0.29) is 16.5 Å². The molecule has 2 aromatic carbocycles. The normalized spacial score (nSPS) is 10.2. The summed E-state index contributed by atoms with van der Waals surface area (Å²) < 4.78 is 0. The zero-order chi connectivity index (χ0) is 15.6. The van der Waals surface area contributed by atoms with Crippen LogP contribution in [0.25, 0.3) is 0 Å². The van der Waals surface area contributed by atoms with Crippen molar-refractivity contribution in [3.63, 3.8) is 0 Å². The molecule has 1 amide bonds. The molecule has 2 rings (SSSR count). The highest BCUT2D eigenvalue weighted by atomic mass is 35.5. The Kier molecular flexibility index (Phi) is 4.50. The monoisotopic (exact) mass is 323 g/mol. The minimum atomic E-state index is -1.08. The highest BCUT2D eigenvalue weighted by molar-refractivity contribution is 6.34. The van der Waals surface area contributed by atoms with Crippen molar-refractivity contribution < 1.29 is 14.7 Å². The number of carboxylic acid groups (broad SMARTS) is 1. The lowest BCUT2D eigenvalue weighted by Gasteiger charge is -2.10. The number of carbonyl (C=O) groups is 2. The fourth-order valence-corrected chi connectivity index (χ4v) is 2.19. The lowest BCUT2D eigenvalue weighted by molar-refractivity contribution is 0.0696. The van der Waals surface area contributed by atoms with Crippen LogP contribution in [-0.4, -0.2) is 17.0 Å². The van der Waals surface area contributed by atoms with Crippen molar-refractivity contribution in [2.45, 2.75) is 6.92 Å². The van der Waals surface area contributed by atoms with Gasteiger partial charge in [-0.05, 0) is 42.8 Å². The van der Waals surface area contributed by atoms with Crippen LogP contribution >= 0.6 is 23.2 Å². The summed E-state index contributed by atoms with van der Waals surface area (Å²) >= 11 is 11.9. The molecule has 0 spiro atoms. The number of nitrogens with one attached hydrogen (secondary N) is 1. The Morgan fingerprint density at radius 2 is 1.81 bits per heavy atom. The Morgan fingerprint density at radius 1 is 1.10 bits per heavy atom. The van der Waals surface area contributed by atoms with Gasteiger partial charge in [-0.25, -0.2) is 4.79 Å². The van der Waals surface area contributed by atoms with E-state index >= 15 is 0 Å². The molecule has 0 atom stereocenters. The SMILES string of the molecule is Cc1c(Cl)cccc1C(=O)Nc1ccc(C(=O)O)cc1Cl. The summed E-state index contributed by atoms with van der Waals surface area (Å²) in [4.78, 5) is 23.0. The van der Waals surface area contributed by atoms with Crippen LogP contribution < -0.4 is 5.32 Å². The topological polar surface area (TPSA) is 66.4 Å². The van der Waals surface area contributed by atoms with Gasteiger partial charge in [-0.2, -0.15) is 0 Å². The molecule has 0 saturated carbocycles. The molecule has 0 heterocycles. The van der Waals surface area contributed by atoms with E-state index in [1.807, 2.05) is 0 Å². The maximum absolute atomic E-state index is 12.2. The summed E-state index contributed by atoms with van der Waals surface area (Å²) in [7, 11) is 0. The third-order valence-electron chi connectivity index (χ3n) is 2.98. The van der Waals surface area contributed by atoms with Crippen LogP contribution in [0.1, 0.15) is 26.3 Å². The summed E-state index contributed by atoms with van der Waals surface area (Å²) in [6.07, 6.45) is 0. The number of halogens is 2. The molecule has 2 N–H and O–H groups in total. The average molecular weight is 324 g/mol. The van der Waals surface area contributed by atoms with Crippen LogP contribution in [0.15, 0.2) is 36.4 Å². The van der Waals surface area contributed by atoms with Gasteiger partial charge in [-0.15, -0.1) is 0 Å².